The molecular formula is C14H13ClFN5O. The van der Waals surface area contributed by atoms with Gasteiger partial charge in [0, 0.05) is 18.2 Å². The number of hydrogen-bond acceptors (Lipinski definition) is 5. The van der Waals surface area contributed by atoms with Gasteiger partial charge in [-0.05, 0) is 30.7 Å². The quantitative estimate of drug-likeness (QED) is 0.617. The van der Waals surface area contributed by atoms with Crippen molar-refractivity contribution < 1.29 is 9.18 Å². The molecule has 8 heteroatoms. The summed E-state index contributed by atoms with van der Waals surface area (Å²) in [5.41, 5.74) is 8.59. The molecule has 1 aromatic carbocycles. The molecule has 1 aliphatic heterocycles. The molecule has 0 bridgehead atoms. The Labute approximate surface area is 130 Å². The van der Waals surface area contributed by atoms with Crippen LogP contribution in [0.5, 0.6) is 0 Å². The van der Waals surface area contributed by atoms with E-state index in [2.05, 4.69) is 4.98 Å². The molecule has 6 nitrogen and oxygen atoms in total. The van der Waals surface area contributed by atoms with Crippen LogP contribution in [0.1, 0.15) is 23.1 Å². The van der Waals surface area contributed by atoms with E-state index in [4.69, 9.17) is 23.2 Å². The fraction of sp³-hybridized carbons (Fsp3) is 0.143. The SMILES string of the molecule is C/C(N)=C1\Cc2c(C(=O)Cl)ncn2-c2ccc(F)cc2N1N. The van der Waals surface area contributed by atoms with Gasteiger partial charge >= 0.3 is 0 Å². The number of nitrogens with two attached hydrogens (primary N) is 2. The minimum absolute atomic E-state index is 0.131. The zero-order valence-corrected chi connectivity index (χ0v) is 12.4. The van der Waals surface area contributed by atoms with Gasteiger partial charge in [0.15, 0.2) is 0 Å². The third-order valence-electron chi connectivity index (χ3n) is 3.59. The van der Waals surface area contributed by atoms with E-state index in [9.17, 15) is 9.18 Å². The molecule has 3 rings (SSSR count). The van der Waals surface area contributed by atoms with Crippen LogP contribution in [0.25, 0.3) is 5.69 Å². The number of nitrogens with zero attached hydrogens (tertiary/aromatic N) is 3. The highest BCUT2D eigenvalue weighted by Gasteiger charge is 2.27. The molecule has 2 heterocycles. The van der Waals surface area contributed by atoms with Crippen LogP contribution in [0.4, 0.5) is 10.1 Å². The molecule has 22 heavy (non-hydrogen) atoms. The van der Waals surface area contributed by atoms with Gasteiger partial charge in [-0.15, -0.1) is 0 Å². The van der Waals surface area contributed by atoms with Crippen molar-refractivity contribution in [3.8, 4) is 5.69 Å². The molecule has 0 atom stereocenters. The Hall–Kier alpha value is -2.38. The lowest BCUT2D eigenvalue weighted by Gasteiger charge is -2.22. The average Bonchev–Trinajstić information content (AvgIpc) is 2.82. The number of allylic oxidation sites excluding steroid dienone is 2. The van der Waals surface area contributed by atoms with Crippen molar-refractivity contribution in [2.24, 2.45) is 11.6 Å². The molecule has 0 aliphatic carbocycles. The third-order valence-corrected chi connectivity index (χ3v) is 3.77. The van der Waals surface area contributed by atoms with E-state index in [1.54, 1.807) is 17.6 Å². The summed E-state index contributed by atoms with van der Waals surface area (Å²) in [6.07, 6.45) is 1.72. The molecule has 114 valence electrons. The van der Waals surface area contributed by atoms with Crippen LogP contribution < -0.4 is 16.6 Å². The first-order valence-corrected chi connectivity index (χ1v) is 6.84. The van der Waals surface area contributed by atoms with Crippen molar-refractivity contribution in [1.82, 2.24) is 9.55 Å². The van der Waals surface area contributed by atoms with Crippen LogP contribution in [0, 0.1) is 5.82 Å². The lowest BCUT2D eigenvalue weighted by molar-refractivity contribution is 0.107. The second kappa shape index (κ2) is 5.11. The van der Waals surface area contributed by atoms with Gasteiger partial charge in [0.1, 0.15) is 17.8 Å². The maximum Gasteiger partial charge on any atom is 0.272 e. The number of hydrogen-bond donors (Lipinski definition) is 2. The molecule has 0 saturated carbocycles. The number of carbonyl (C=O) groups excluding carboxylic acids is 1. The number of carbonyl (C=O) groups is 1. The first-order chi connectivity index (χ1) is 10.4. The van der Waals surface area contributed by atoms with Crippen LogP contribution in [0.3, 0.4) is 0 Å². The smallest absolute Gasteiger partial charge is 0.272 e. The highest BCUT2D eigenvalue weighted by molar-refractivity contribution is 6.67. The van der Waals surface area contributed by atoms with Crippen molar-refractivity contribution in [1.29, 1.82) is 0 Å². The largest absolute Gasteiger partial charge is 0.401 e. The second-order valence-corrected chi connectivity index (χ2v) is 5.34. The zero-order valence-electron chi connectivity index (χ0n) is 11.7. The number of hydrazine groups is 1. The molecule has 2 aromatic rings. The Morgan fingerprint density at radius 1 is 1.41 bits per heavy atom. The summed E-state index contributed by atoms with van der Waals surface area (Å²) < 4.78 is 15.3. The van der Waals surface area contributed by atoms with Gasteiger partial charge in [-0.25, -0.2) is 15.2 Å². The first-order valence-electron chi connectivity index (χ1n) is 6.46. The zero-order chi connectivity index (χ0) is 16.0. The monoisotopic (exact) mass is 321 g/mol. The summed E-state index contributed by atoms with van der Waals surface area (Å²) in [6, 6.07) is 4.17. The van der Waals surface area contributed by atoms with Gasteiger partial charge in [-0.2, -0.15) is 0 Å². The van der Waals surface area contributed by atoms with Gasteiger partial charge in [-0.3, -0.25) is 14.4 Å². The van der Waals surface area contributed by atoms with Crippen LogP contribution in [0.15, 0.2) is 35.9 Å². The van der Waals surface area contributed by atoms with E-state index in [1.165, 1.54) is 23.5 Å². The normalized spacial score (nSPS) is 15.9. The van der Waals surface area contributed by atoms with E-state index >= 15 is 0 Å². The molecule has 0 saturated heterocycles. The predicted octanol–water partition coefficient (Wildman–Crippen LogP) is 1.82. The number of imidazole rings is 1. The van der Waals surface area contributed by atoms with Crippen molar-refractivity contribution in [2.45, 2.75) is 13.3 Å². The molecular weight excluding hydrogens is 309 g/mol. The van der Waals surface area contributed by atoms with Gasteiger partial charge in [0.05, 0.1) is 22.8 Å². The fourth-order valence-electron chi connectivity index (χ4n) is 2.53. The molecule has 0 unspecified atom stereocenters. The van der Waals surface area contributed by atoms with Crippen molar-refractivity contribution in [2.75, 3.05) is 5.01 Å². The highest BCUT2D eigenvalue weighted by Crippen LogP contribution is 2.34. The Morgan fingerprint density at radius 2 is 2.14 bits per heavy atom. The van der Waals surface area contributed by atoms with Crippen molar-refractivity contribution in [3.63, 3.8) is 0 Å². The topological polar surface area (TPSA) is 90.2 Å². The van der Waals surface area contributed by atoms with E-state index in [1.807, 2.05) is 0 Å². The Kier molecular flexibility index (Phi) is 3.38. The predicted molar refractivity (Wildman–Crippen MR) is 81.0 cm³/mol. The molecule has 0 amide bonds. The number of benzene rings is 1. The van der Waals surface area contributed by atoms with E-state index in [0.29, 0.717) is 28.5 Å². The summed E-state index contributed by atoms with van der Waals surface area (Å²) in [7, 11) is 0. The lowest BCUT2D eigenvalue weighted by atomic mass is 10.1. The summed E-state index contributed by atoms with van der Waals surface area (Å²) in [5.74, 6) is 5.67. The molecule has 1 aliphatic rings. The summed E-state index contributed by atoms with van der Waals surface area (Å²) in [6.45, 7) is 1.68. The van der Waals surface area contributed by atoms with E-state index < -0.39 is 11.1 Å². The number of aromatic nitrogens is 2. The minimum atomic E-state index is -0.670. The fourth-order valence-corrected chi connectivity index (χ4v) is 2.68. The standard InChI is InChI=1S/C14H13ClFN5O/c1-7(17)10-5-12-13(14(15)22)19-6-20(12)9-3-2-8(16)4-11(9)21(10)18/h2-4,6H,5,17-18H2,1H3/b10-7-. The maximum absolute atomic E-state index is 13.6. The second-order valence-electron chi connectivity index (χ2n) is 4.99. The van der Waals surface area contributed by atoms with Crippen molar-refractivity contribution in [3.05, 3.63) is 53.1 Å². The van der Waals surface area contributed by atoms with Crippen molar-refractivity contribution >= 4 is 22.5 Å². The van der Waals surface area contributed by atoms with E-state index in [-0.39, 0.29) is 12.1 Å². The van der Waals surface area contributed by atoms with Crippen LogP contribution >= 0.6 is 11.6 Å². The Bertz CT molecular complexity index is 810. The van der Waals surface area contributed by atoms with Gasteiger partial charge < -0.3 is 5.73 Å². The number of fused-ring (bicyclic) bond motifs is 3. The molecule has 1 aromatic heterocycles. The Balaban J connectivity index is 2.35. The maximum atomic E-state index is 13.6. The number of rotatable bonds is 1. The minimum Gasteiger partial charge on any atom is -0.401 e. The lowest BCUT2D eigenvalue weighted by Crippen LogP contribution is -2.32. The third kappa shape index (κ3) is 2.15. The Morgan fingerprint density at radius 3 is 2.77 bits per heavy atom. The summed E-state index contributed by atoms with van der Waals surface area (Å²) in [5, 5.41) is 0.653. The first kappa shape index (κ1) is 14.6. The van der Waals surface area contributed by atoms with Crippen LogP contribution in [0.2, 0.25) is 0 Å². The summed E-state index contributed by atoms with van der Waals surface area (Å²) >= 11 is 5.58. The van der Waals surface area contributed by atoms with Crippen LogP contribution in [-0.2, 0) is 6.42 Å². The molecule has 4 N–H and O–H groups in total. The van der Waals surface area contributed by atoms with E-state index in [0.717, 1.165) is 0 Å². The van der Waals surface area contributed by atoms with Crippen LogP contribution in [-0.4, -0.2) is 14.8 Å². The average molecular weight is 322 g/mol. The number of halogens is 2. The summed E-state index contributed by atoms with van der Waals surface area (Å²) in [4.78, 5) is 15.6. The van der Waals surface area contributed by atoms with Gasteiger partial charge in [0.25, 0.3) is 5.24 Å². The molecule has 0 fully saturated rings. The number of anilines is 1. The molecule has 0 radical (unpaired) electrons. The highest BCUT2D eigenvalue weighted by atomic mass is 35.5. The van der Waals surface area contributed by atoms with Gasteiger partial charge in [-0.1, -0.05) is 0 Å². The van der Waals surface area contributed by atoms with Gasteiger partial charge in [0.2, 0.25) is 0 Å². The molecule has 0 spiro atoms.